The zero-order chi connectivity index (χ0) is 12.8. The van der Waals surface area contributed by atoms with Gasteiger partial charge in [-0.2, -0.15) is 0 Å². The van der Waals surface area contributed by atoms with E-state index in [1.165, 1.54) is 0 Å². The van der Waals surface area contributed by atoms with Gasteiger partial charge in [0.05, 0.1) is 6.10 Å². The van der Waals surface area contributed by atoms with Gasteiger partial charge in [-0.05, 0) is 37.5 Å². The van der Waals surface area contributed by atoms with Crippen molar-refractivity contribution in [3.8, 4) is 0 Å². The highest BCUT2D eigenvalue weighted by molar-refractivity contribution is 5.66. The van der Waals surface area contributed by atoms with Crippen LogP contribution in [0.1, 0.15) is 52.4 Å². The summed E-state index contributed by atoms with van der Waals surface area (Å²) >= 11 is 0. The minimum Gasteiger partial charge on any atom is -0.481 e. The number of aliphatic hydroxyl groups excluding tert-OH is 1. The Kier molecular flexibility index (Phi) is 5.92. The Hall–Kier alpha value is -0.610. The fraction of sp³-hybridized carbons (Fsp3) is 0.923. The Morgan fingerprint density at radius 3 is 2.76 bits per heavy atom. The lowest BCUT2D eigenvalue weighted by Crippen LogP contribution is -2.30. The third kappa shape index (κ3) is 5.04. The number of carbonyl (C=O) groups is 1. The molecule has 1 fully saturated rings. The smallest absolute Gasteiger partial charge is 0.303 e. The van der Waals surface area contributed by atoms with Crippen LogP contribution in [0.25, 0.3) is 0 Å². The van der Waals surface area contributed by atoms with E-state index in [1.807, 2.05) is 13.8 Å². The minimum absolute atomic E-state index is 0.0972. The van der Waals surface area contributed by atoms with Gasteiger partial charge in [0.15, 0.2) is 6.29 Å². The van der Waals surface area contributed by atoms with Crippen molar-refractivity contribution in [2.24, 2.45) is 11.8 Å². The number of carboxylic acid groups (broad SMARTS) is 1. The van der Waals surface area contributed by atoms with Crippen molar-refractivity contribution in [1.29, 1.82) is 0 Å². The first kappa shape index (κ1) is 14.5. The molecule has 1 saturated carbocycles. The van der Waals surface area contributed by atoms with Crippen LogP contribution >= 0.6 is 0 Å². The monoisotopic (exact) mass is 244 g/mol. The molecule has 4 atom stereocenters. The number of hydrogen-bond acceptors (Lipinski definition) is 3. The van der Waals surface area contributed by atoms with Gasteiger partial charge in [-0.3, -0.25) is 4.79 Å². The first-order chi connectivity index (χ1) is 8.02. The van der Waals surface area contributed by atoms with Crippen LogP contribution in [0.4, 0.5) is 0 Å². The van der Waals surface area contributed by atoms with Gasteiger partial charge in [0.1, 0.15) is 0 Å². The number of ether oxygens (including phenoxy) is 1. The van der Waals surface area contributed by atoms with Gasteiger partial charge in [0.25, 0.3) is 0 Å². The summed E-state index contributed by atoms with van der Waals surface area (Å²) in [6.45, 7) is 3.88. The third-order valence-electron chi connectivity index (χ3n) is 3.67. The molecule has 0 aromatic heterocycles. The van der Waals surface area contributed by atoms with Gasteiger partial charge in [-0.1, -0.05) is 20.3 Å². The molecule has 17 heavy (non-hydrogen) atoms. The van der Waals surface area contributed by atoms with Crippen molar-refractivity contribution in [3.05, 3.63) is 0 Å². The Morgan fingerprint density at radius 2 is 2.18 bits per heavy atom. The quantitative estimate of drug-likeness (QED) is 0.704. The lowest BCUT2D eigenvalue weighted by molar-refractivity contribution is -0.152. The van der Waals surface area contributed by atoms with Gasteiger partial charge in [-0.25, -0.2) is 0 Å². The number of aliphatic hydroxyl groups is 1. The Bertz CT molecular complexity index is 242. The molecule has 0 saturated heterocycles. The summed E-state index contributed by atoms with van der Waals surface area (Å²) in [4.78, 5) is 10.7. The summed E-state index contributed by atoms with van der Waals surface area (Å²) in [5.74, 6) is -0.124. The van der Waals surface area contributed by atoms with Crippen LogP contribution in [-0.4, -0.2) is 28.6 Å². The number of carboxylic acids is 1. The predicted molar refractivity (Wildman–Crippen MR) is 64.5 cm³/mol. The first-order valence-corrected chi connectivity index (χ1v) is 6.58. The van der Waals surface area contributed by atoms with Crippen molar-refractivity contribution >= 4 is 5.97 Å². The van der Waals surface area contributed by atoms with E-state index in [0.29, 0.717) is 12.3 Å². The molecule has 2 N–H and O–H groups in total. The van der Waals surface area contributed by atoms with E-state index < -0.39 is 12.3 Å². The highest BCUT2D eigenvalue weighted by Crippen LogP contribution is 2.33. The van der Waals surface area contributed by atoms with Crippen LogP contribution in [0, 0.1) is 11.8 Å². The highest BCUT2D eigenvalue weighted by atomic mass is 16.6. The van der Waals surface area contributed by atoms with Crippen LogP contribution in [0.5, 0.6) is 0 Å². The summed E-state index contributed by atoms with van der Waals surface area (Å²) in [6.07, 6.45) is 4.26. The minimum atomic E-state index is -0.728. The van der Waals surface area contributed by atoms with Crippen LogP contribution in [0.3, 0.4) is 0 Å². The van der Waals surface area contributed by atoms with Gasteiger partial charge in [-0.15, -0.1) is 0 Å². The van der Waals surface area contributed by atoms with Gasteiger partial charge in [0, 0.05) is 6.42 Å². The Labute approximate surface area is 103 Å². The maximum Gasteiger partial charge on any atom is 0.303 e. The van der Waals surface area contributed by atoms with E-state index in [9.17, 15) is 9.90 Å². The molecule has 0 aromatic carbocycles. The number of rotatable bonds is 6. The van der Waals surface area contributed by atoms with Crippen LogP contribution in [-0.2, 0) is 9.53 Å². The molecular formula is C13H24O4. The molecule has 4 heteroatoms. The largest absolute Gasteiger partial charge is 0.481 e. The fourth-order valence-corrected chi connectivity index (χ4v) is 2.58. The molecule has 100 valence electrons. The van der Waals surface area contributed by atoms with Gasteiger partial charge >= 0.3 is 5.97 Å². The summed E-state index contributed by atoms with van der Waals surface area (Å²) in [6, 6.07) is 0. The van der Waals surface area contributed by atoms with Gasteiger partial charge in [0.2, 0.25) is 0 Å². The maximum atomic E-state index is 10.7. The molecule has 0 heterocycles. The standard InChI is InChI=1S/C13H24O4/c1-3-13(16)17-11-6-4-5-10(8-11)9(2)7-12(14)15/h9-11,13,16H,3-8H2,1-2H3,(H,14,15). The van der Waals surface area contributed by atoms with Gasteiger partial charge < -0.3 is 14.9 Å². The third-order valence-corrected chi connectivity index (χ3v) is 3.67. The molecule has 4 unspecified atom stereocenters. The molecule has 4 nitrogen and oxygen atoms in total. The molecule has 0 aromatic rings. The fourth-order valence-electron chi connectivity index (χ4n) is 2.58. The summed E-state index contributed by atoms with van der Waals surface area (Å²) in [5, 5.41) is 18.3. The SMILES string of the molecule is CCC(O)OC1CCCC(C(C)CC(=O)O)C1. The summed E-state index contributed by atoms with van der Waals surface area (Å²) in [5.41, 5.74) is 0. The second kappa shape index (κ2) is 6.97. The highest BCUT2D eigenvalue weighted by Gasteiger charge is 2.28. The molecule has 0 spiro atoms. The lowest BCUT2D eigenvalue weighted by Gasteiger charge is -2.33. The van der Waals surface area contributed by atoms with E-state index in [2.05, 4.69) is 0 Å². The maximum absolute atomic E-state index is 10.7. The molecule has 0 radical (unpaired) electrons. The molecule has 1 aliphatic carbocycles. The van der Waals surface area contributed by atoms with E-state index in [4.69, 9.17) is 9.84 Å². The van der Waals surface area contributed by atoms with Crippen molar-refractivity contribution in [1.82, 2.24) is 0 Å². The Balaban J connectivity index is 2.40. The predicted octanol–water partition coefficient (Wildman–Crippen LogP) is 2.40. The van der Waals surface area contributed by atoms with Crippen LogP contribution in [0.15, 0.2) is 0 Å². The molecule has 0 aliphatic heterocycles. The number of hydrogen-bond donors (Lipinski definition) is 2. The van der Waals surface area contributed by atoms with Crippen molar-refractivity contribution in [2.75, 3.05) is 0 Å². The second-order valence-electron chi connectivity index (χ2n) is 5.12. The molecule has 0 bridgehead atoms. The summed E-state index contributed by atoms with van der Waals surface area (Å²) in [7, 11) is 0. The van der Waals surface area contributed by atoms with E-state index in [1.54, 1.807) is 0 Å². The molecular weight excluding hydrogens is 220 g/mol. The molecule has 1 aliphatic rings. The average Bonchev–Trinajstić information content (AvgIpc) is 2.28. The van der Waals surface area contributed by atoms with Crippen LogP contribution in [0.2, 0.25) is 0 Å². The van der Waals surface area contributed by atoms with Crippen molar-refractivity contribution in [3.63, 3.8) is 0 Å². The zero-order valence-corrected chi connectivity index (χ0v) is 10.8. The van der Waals surface area contributed by atoms with E-state index in [-0.39, 0.29) is 18.4 Å². The molecule has 0 amide bonds. The van der Waals surface area contributed by atoms with Crippen LogP contribution < -0.4 is 0 Å². The normalized spacial score (nSPS) is 28.6. The van der Waals surface area contributed by atoms with E-state index in [0.717, 1.165) is 25.7 Å². The Morgan fingerprint density at radius 1 is 1.47 bits per heavy atom. The molecule has 1 rings (SSSR count). The topological polar surface area (TPSA) is 66.8 Å². The first-order valence-electron chi connectivity index (χ1n) is 6.58. The number of aliphatic carboxylic acids is 1. The summed E-state index contributed by atoms with van der Waals surface area (Å²) < 4.78 is 5.53. The van der Waals surface area contributed by atoms with Crippen molar-refractivity contribution in [2.45, 2.75) is 64.8 Å². The second-order valence-corrected chi connectivity index (χ2v) is 5.12. The van der Waals surface area contributed by atoms with E-state index >= 15 is 0 Å². The van der Waals surface area contributed by atoms with Crippen molar-refractivity contribution < 1.29 is 19.7 Å². The zero-order valence-electron chi connectivity index (χ0n) is 10.8. The lowest BCUT2D eigenvalue weighted by atomic mass is 9.78. The average molecular weight is 244 g/mol.